The highest BCUT2D eigenvalue weighted by atomic mass is 16.6. The molecular weight excluding hydrogens is 338 g/mol. The van der Waals surface area contributed by atoms with Crippen molar-refractivity contribution in [2.75, 3.05) is 29.5 Å². The van der Waals surface area contributed by atoms with Gasteiger partial charge in [0.1, 0.15) is 12.3 Å². The van der Waals surface area contributed by atoms with Gasteiger partial charge in [0.05, 0.1) is 10.6 Å². The van der Waals surface area contributed by atoms with E-state index in [1.165, 1.54) is 23.1 Å². The minimum atomic E-state index is -0.554. The number of rotatable bonds is 5. The molecule has 0 saturated heterocycles. The van der Waals surface area contributed by atoms with Gasteiger partial charge in [-0.1, -0.05) is 18.2 Å². The van der Waals surface area contributed by atoms with Crippen molar-refractivity contribution >= 4 is 28.9 Å². The zero-order valence-corrected chi connectivity index (χ0v) is 14.1. The fourth-order valence-electron chi connectivity index (χ4n) is 2.81. The van der Waals surface area contributed by atoms with Crippen molar-refractivity contribution in [2.45, 2.75) is 6.92 Å². The van der Waals surface area contributed by atoms with Crippen molar-refractivity contribution in [3.8, 4) is 5.75 Å². The zero-order chi connectivity index (χ0) is 18.7. The Bertz CT molecular complexity index is 853. The third kappa shape index (κ3) is 3.34. The van der Waals surface area contributed by atoms with E-state index in [1.54, 1.807) is 17.0 Å². The van der Waals surface area contributed by atoms with Gasteiger partial charge in [0.2, 0.25) is 5.91 Å². The fourth-order valence-corrected chi connectivity index (χ4v) is 2.81. The zero-order valence-electron chi connectivity index (χ0n) is 14.1. The highest BCUT2D eigenvalue weighted by Gasteiger charge is 2.30. The average molecular weight is 355 g/mol. The summed E-state index contributed by atoms with van der Waals surface area (Å²) in [7, 11) is 0. The number of ether oxygens (including phenoxy) is 1. The lowest BCUT2D eigenvalue weighted by molar-refractivity contribution is -0.384. The fraction of sp³-hybridized carbons (Fsp3) is 0.222. The molecule has 2 aromatic carbocycles. The molecule has 1 aliphatic heterocycles. The number of fused-ring (bicyclic) bond motifs is 1. The molecule has 3 rings (SSSR count). The highest BCUT2D eigenvalue weighted by molar-refractivity contribution is 6.06. The number of amides is 2. The van der Waals surface area contributed by atoms with Crippen molar-refractivity contribution in [2.24, 2.45) is 0 Å². The van der Waals surface area contributed by atoms with Crippen LogP contribution in [-0.4, -0.2) is 36.4 Å². The highest BCUT2D eigenvalue weighted by Crippen LogP contribution is 2.35. The lowest BCUT2D eigenvalue weighted by Crippen LogP contribution is -2.46. The summed E-state index contributed by atoms with van der Waals surface area (Å²) in [6.07, 6.45) is 0. The number of nitro benzene ring substituents is 1. The van der Waals surface area contributed by atoms with Gasteiger partial charge in [0.25, 0.3) is 11.6 Å². The van der Waals surface area contributed by atoms with E-state index in [4.69, 9.17) is 4.74 Å². The summed E-state index contributed by atoms with van der Waals surface area (Å²) in [5, 5.41) is 11.0. The van der Waals surface area contributed by atoms with Crippen LogP contribution in [0, 0.1) is 10.1 Å². The number of para-hydroxylation sites is 1. The molecule has 0 spiro atoms. The first kappa shape index (κ1) is 17.4. The summed E-state index contributed by atoms with van der Waals surface area (Å²) >= 11 is 0. The van der Waals surface area contributed by atoms with E-state index in [0.717, 1.165) is 5.69 Å². The number of nitrogens with zero attached hydrogens (tertiary/aromatic N) is 3. The van der Waals surface area contributed by atoms with Crippen LogP contribution < -0.4 is 14.5 Å². The molecule has 0 fully saturated rings. The number of carbonyl (C=O) groups is 2. The van der Waals surface area contributed by atoms with Crippen molar-refractivity contribution in [3.05, 3.63) is 58.6 Å². The average Bonchev–Trinajstić information content (AvgIpc) is 2.65. The van der Waals surface area contributed by atoms with E-state index < -0.39 is 10.8 Å². The van der Waals surface area contributed by atoms with Crippen LogP contribution in [0.2, 0.25) is 0 Å². The Labute approximate surface area is 149 Å². The van der Waals surface area contributed by atoms with Gasteiger partial charge in [0.15, 0.2) is 6.61 Å². The lowest BCUT2D eigenvalue weighted by Gasteiger charge is -2.30. The van der Waals surface area contributed by atoms with E-state index >= 15 is 0 Å². The van der Waals surface area contributed by atoms with E-state index in [0.29, 0.717) is 12.3 Å². The Morgan fingerprint density at radius 1 is 1.27 bits per heavy atom. The summed E-state index contributed by atoms with van der Waals surface area (Å²) in [4.78, 5) is 38.3. The van der Waals surface area contributed by atoms with Crippen LogP contribution >= 0.6 is 0 Å². The molecule has 0 bridgehead atoms. The van der Waals surface area contributed by atoms with Gasteiger partial charge in [-0.15, -0.1) is 0 Å². The minimum absolute atomic E-state index is 0.171. The predicted octanol–water partition coefficient (Wildman–Crippen LogP) is 2.37. The molecule has 0 unspecified atom stereocenters. The number of benzene rings is 2. The largest absolute Gasteiger partial charge is 0.482 e. The molecule has 134 valence electrons. The first-order valence-corrected chi connectivity index (χ1v) is 8.08. The Morgan fingerprint density at radius 3 is 2.65 bits per heavy atom. The van der Waals surface area contributed by atoms with Crippen LogP contribution in [0.3, 0.4) is 0 Å². The van der Waals surface area contributed by atoms with Gasteiger partial charge < -0.3 is 9.64 Å². The summed E-state index contributed by atoms with van der Waals surface area (Å²) in [5.74, 6) is -0.368. The number of hydrogen-bond donors (Lipinski definition) is 0. The molecule has 2 amide bonds. The molecule has 1 heterocycles. The quantitative estimate of drug-likeness (QED) is 0.606. The Morgan fingerprint density at radius 2 is 2.00 bits per heavy atom. The van der Waals surface area contributed by atoms with E-state index in [1.807, 2.05) is 25.1 Å². The first-order valence-electron chi connectivity index (χ1n) is 8.08. The topological polar surface area (TPSA) is 93.0 Å². The Balaban J connectivity index is 1.89. The molecule has 0 N–H and O–H groups in total. The van der Waals surface area contributed by atoms with Crippen LogP contribution in [0.4, 0.5) is 17.1 Å². The molecule has 2 aromatic rings. The molecule has 8 heteroatoms. The standard InChI is InChI=1S/C18H17N3O5/c1-2-19(13-6-4-3-5-7-13)17(22)11-20-15-10-14(21(24)25)8-9-16(15)26-12-18(20)23/h3-10H,2,11-12H2,1H3. The third-order valence-electron chi connectivity index (χ3n) is 4.07. The molecule has 0 aliphatic carbocycles. The molecule has 0 atom stereocenters. The molecule has 0 saturated carbocycles. The molecule has 26 heavy (non-hydrogen) atoms. The Kier molecular flexibility index (Phi) is 4.83. The first-order chi connectivity index (χ1) is 12.5. The second-order valence-electron chi connectivity index (χ2n) is 5.65. The number of carbonyl (C=O) groups excluding carboxylic acids is 2. The van der Waals surface area contributed by atoms with Gasteiger partial charge in [-0.05, 0) is 25.1 Å². The van der Waals surface area contributed by atoms with Crippen LogP contribution in [-0.2, 0) is 9.59 Å². The molecule has 1 aliphatic rings. The van der Waals surface area contributed by atoms with E-state index in [9.17, 15) is 19.7 Å². The minimum Gasteiger partial charge on any atom is -0.482 e. The van der Waals surface area contributed by atoms with Gasteiger partial charge in [-0.3, -0.25) is 24.6 Å². The van der Waals surface area contributed by atoms with Crippen molar-refractivity contribution in [1.82, 2.24) is 0 Å². The summed E-state index contributed by atoms with van der Waals surface area (Å²) < 4.78 is 5.32. The molecule has 0 aromatic heterocycles. The lowest BCUT2D eigenvalue weighted by atomic mass is 10.2. The summed E-state index contributed by atoms with van der Waals surface area (Å²) in [5.41, 5.74) is 0.780. The Hall–Kier alpha value is -3.42. The molecule has 8 nitrogen and oxygen atoms in total. The predicted molar refractivity (Wildman–Crippen MR) is 95.4 cm³/mol. The monoisotopic (exact) mass is 355 g/mol. The van der Waals surface area contributed by atoms with Gasteiger partial charge >= 0.3 is 0 Å². The molecule has 0 radical (unpaired) electrons. The SMILES string of the molecule is CCN(C(=O)CN1C(=O)COc2ccc([N+](=O)[O-])cc21)c1ccccc1. The normalized spacial score (nSPS) is 13.0. The second-order valence-corrected chi connectivity index (χ2v) is 5.65. The maximum Gasteiger partial charge on any atom is 0.271 e. The number of non-ortho nitro benzene ring substituents is 1. The van der Waals surface area contributed by atoms with Crippen molar-refractivity contribution < 1.29 is 19.2 Å². The van der Waals surface area contributed by atoms with Gasteiger partial charge in [-0.2, -0.15) is 0 Å². The van der Waals surface area contributed by atoms with Crippen LogP contribution in [0.15, 0.2) is 48.5 Å². The maximum absolute atomic E-state index is 12.8. The number of anilines is 2. The third-order valence-corrected chi connectivity index (χ3v) is 4.07. The smallest absolute Gasteiger partial charge is 0.271 e. The molecular formula is C18H17N3O5. The van der Waals surface area contributed by atoms with Gasteiger partial charge in [0, 0.05) is 24.4 Å². The number of nitro groups is 1. The van der Waals surface area contributed by atoms with Crippen molar-refractivity contribution in [1.29, 1.82) is 0 Å². The van der Waals surface area contributed by atoms with Crippen LogP contribution in [0.1, 0.15) is 6.92 Å². The van der Waals surface area contributed by atoms with E-state index in [-0.39, 0.29) is 30.4 Å². The summed E-state index contributed by atoms with van der Waals surface area (Å²) in [6, 6.07) is 13.1. The number of hydrogen-bond acceptors (Lipinski definition) is 5. The summed E-state index contributed by atoms with van der Waals surface area (Å²) in [6.45, 7) is 1.84. The van der Waals surface area contributed by atoms with Crippen LogP contribution in [0.25, 0.3) is 0 Å². The number of likely N-dealkylation sites (N-methyl/N-ethyl adjacent to an activating group) is 1. The maximum atomic E-state index is 12.8. The van der Waals surface area contributed by atoms with E-state index in [2.05, 4.69) is 0 Å². The second kappa shape index (κ2) is 7.22. The van der Waals surface area contributed by atoms with Crippen LogP contribution in [0.5, 0.6) is 5.75 Å². The van der Waals surface area contributed by atoms with Gasteiger partial charge in [-0.25, -0.2) is 0 Å². The van der Waals surface area contributed by atoms with Crippen molar-refractivity contribution in [3.63, 3.8) is 0 Å².